The molecule has 1 aromatic carbocycles. The van der Waals surface area contributed by atoms with Crippen LogP contribution in [0.1, 0.15) is 44.6 Å². The highest BCUT2D eigenvalue weighted by Gasteiger charge is 2.17. The van der Waals surface area contributed by atoms with Gasteiger partial charge in [0.25, 0.3) is 0 Å². The van der Waals surface area contributed by atoms with E-state index in [4.69, 9.17) is 4.42 Å². The lowest BCUT2D eigenvalue weighted by atomic mass is 9.99. The van der Waals surface area contributed by atoms with Crippen molar-refractivity contribution in [1.29, 1.82) is 0 Å². The molecule has 0 spiro atoms. The predicted octanol–water partition coefficient (Wildman–Crippen LogP) is 5.20. The fraction of sp³-hybridized carbons (Fsp3) is 0.529. The average Bonchev–Trinajstić information content (AvgIpc) is 2.65. The van der Waals surface area contributed by atoms with Gasteiger partial charge < -0.3 is 9.73 Å². The molecule has 20 heavy (non-hydrogen) atoms. The molecule has 1 aromatic heterocycles. The van der Waals surface area contributed by atoms with E-state index in [2.05, 4.69) is 68.0 Å². The van der Waals surface area contributed by atoms with Crippen LogP contribution in [0.5, 0.6) is 0 Å². The van der Waals surface area contributed by atoms with Gasteiger partial charge in [-0.2, -0.15) is 0 Å². The third-order valence-corrected chi connectivity index (χ3v) is 3.95. The lowest BCUT2D eigenvalue weighted by Gasteiger charge is -2.09. The van der Waals surface area contributed by atoms with Gasteiger partial charge in [0.1, 0.15) is 11.3 Å². The molecular formula is C17H24BrNO. The van der Waals surface area contributed by atoms with Crippen molar-refractivity contribution in [2.24, 2.45) is 5.92 Å². The predicted molar refractivity (Wildman–Crippen MR) is 89.2 cm³/mol. The van der Waals surface area contributed by atoms with Gasteiger partial charge in [0.15, 0.2) is 0 Å². The SMILES string of the molecule is Cc1cc(Br)c2oc(CNC(C)C)c(CC(C)C)c2c1. The zero-order valence-electron chi connectivity index (χ0n) is 13.0. The molecule has 0 aliphatic heterocycles. The number of hydrogen-bond acceptors (Lipinski definition) is 2. The monoisotopic (exact) mass is 337 g/mol. The Balaban J connectivity index is 2.51. The number of nitrogens with one attached hydrogen (secondary N) is 1. The van der Waals surface area contributed by atoms with E-state index in [0.29, 0.717) is 12.0 Å². The molecule has 0 radical (unpaired) electrons. The van der Waals surface area contributed by atoms with E-state index < -0.39 is 0 Å². The molecule has 2 rings (SSSR count). The quantitative estimate of drug-likeness (QED) is 0.810. The van der Waals surface area contributed by atoms with E-state index in [9.17, 15) is 0 Å². The van der Waals surface area contributed by atoms with Crippen molar-refractivity contribution in [3.05, 3.63) is 33.5 Å². The third-order valence-electron chi connectivity index (χ3n) is 3.36. The van der Waals surface area contributed by atoms with Gasteiger partial charge in [-0.05, 0) is 52.9 Å². The third kappa shape index (κ3) is 3.44. The Kier molecular flexibility index (Phi) is 4.92. The molecule has 0 aliphatic carbocycles. The Hall–Kier alpha value is -0.800. The van der Waals surface area contributed by atoms with E-state index in [0.717, 1.165) is 28.8 Å². The van der Waals surface area contributed by atoms with Crippen LogP contribution in [-0.4, -0.2) is 6.04 Å². The number of aryl methyl sites for hydroxylation is 1. The van der Waals surface area contributed by atoms with Crippen LogP contribution >= 0.6 is 15.9 Å². The second kappa shape index (κ2) is 6.31. The average molecular weight is 338 g/mol. The van der Waals surface area contributed by atoms with Crippen LogP contribution < -0.4 is 5.32 Å². The standard InChI is InChI=1S/C17H24BrNO/c1-10(2)6-13-14-7-12(5)8-15(18)17(14)20-16(13)9-19-11(3)4/h7-8,10-11,19H,6,9H2,1-5H3. The normalized spacial score (nSPS) is 12.0. The van der Waals surface area contributed by atoms with Crippen molar-refractivity contribution in [3.8, 4) is 0 Å². The Morgan fingerprint density at radius 2 is 1.90 bits per heavy atom. The van der Waals surface area contributed by atoms with Crippen molar-refractivity contribution in [3.63, 3.8) is 0 Å². The Morgan fingerprint density at radius 1 is 1.20 bits per heavy atom. The van der Waals surface area contributed by atoms with Crippen LogP contribution in [0.15, 0.2) is 21.0 Å². The highest BCUT2D eigenvalue weighted by Crippen LogP contribution is 2.34. The lowest BCUT2D eigenvalue weighted by Crippen LogP contribution is -2.22. The molecule has 0 atom stereocenters. The molecule has 0 fully saturated rings. The highest BCUT2D eigenvalue weighted by atomic mass is 79.9. The second-order valence-electron chi connectivity index (χ2n) is 6.26. The van der Waals surface area contributed by atoms with Gasteiger partial charge in [-0.3, -0.25) is 0 Å². The maximum atomic E-state index is 6.13. The van der Waals surface area contributed by atoms with Crippen LogP contribution in [0.25, 0.3) is 11.0 Å². The molecule has 2 nitrogen and oxygen atoms in total. The fourth-order valence-corrected chi connectivity index (χ4v) is 3.12. The minimum absolute atomic E-state index is 0.459. The van der Waals surface area contributed by atoms with Gasteiger partial charge in [-0.15, -0.1) is 0 Å². The number of hydrogen-bond donors (Lipinski definition) is 1. The first-order valence-electron chi connectivity index (χ1n) is 7.32. The van der Waals surface area contributed by atoms with Crippen molar-refractivity contribution in [2.45, 2.75) is 53.6 Å². The van der Waals surface area contributed by atoms with Gasteiger partial charge >= 0.3 is 0 Å². The largest absolute Gasteiger partial charge is 0.458 e. The number of halogens is 1. The molecule has 3 heteroatoms. The molecule has 0 bridgehead atoms. The fourth-order valence-electron chi connectivity index (χ4n) is 2.46. The summed E-state index contributed by atoms with van der Waals surface area (Å²) >= 11 is 3.63. The van der Waals surface area contributed by atoms with E-state index in [-0.39, 0.29) is 0 Å². The first-order valence-corrected chi connectivity index (χ1v) is 8.11. The van der Waals surface area contributed by atoms with Crippen LogP contribution in [0.3, 0.4) is 0 Å². The number of fused-ring (bicyclic) bond motifs is 1. The molecule has 1 N–H and O–H groups in total. The van der Waals surface area contributed by atoms with Gasteiger partial charge in [0.05, 0.1) is 11.0 Å². The summed E-state index contributed by atoms with van der Waals surface area (Å²) in [6, 6.07) is 4.81. The first kappa shape index (κ1) is 15.6. The molecule has 0 unspecified atom stereocenters. The molecule has 0 amide bonds. The highest BCUT2D eigenvalue weighted by molar-refractivity contribution is 9.10. The summed E-state index contributed by atoms with van der Waals surface area (Å²) in [7, 11) is 0. The van der Waals surface area contributed by atoms with E-state index in [1.165, 1.54) is 16.5 Å². The molecular weight excluding hydrogens is 314 g/mol. The van der Waals surface area contributed by atoms with Crippen molar-refractivity contribution < 1.29 is 4.42 Å². The van der Waals surface area contributed by atoms with Crippen molar-refractivity contribution >= 4 is 26.9 Å². The maximum Gasteiger partial charge on any atom is 0.148 e. The maximum absolute atomic E-state index is 6.13. The number of furan rings is 1. The Morgan fingerprint density at radius 3 is 2.50 bits per heavy atom. The smallest absolute Gasteiger partial charge is 0.148 e. The molecule has 2 aromatic rings. The molecule has 0 saturated heterocycles. The summed E-state index contributed by atoms with van der Waals surface area (Å²) in [6.45, 7) is 11.7. The minimum atomic E-state index is 0.459. The molecule has 0 aliphatic rings. The van der Waals surface area contributed by atoms with Gasteiger partial charge in [0, 0.05) is 17.0 Å². The van der Waals surface area contributed by atoms with Crippen LogP contribution in [0.4, 0.5) is 0 Å². The summed E-state index contributed by atoms with van der Waals surface area (Å²) in [4.78, 5) is 0. The number of benzene rings is 1. The summed E-state index contributed by atoms with van der Waals surface area (Å²) in [5.41, 5.74) is 3.60. The zero-order chi connectivity index (χ0) is 14.9. The minimum Gasteiger partial charge on any atom is -0.458 e. The zero-order valence-corrected chi connectivity index (χ0v) is 14.6. The van der Waals surface area contributed by atoms with E-state index in [1.807, 2.05) is 0 Å². The van der Waals surface area contributed by atoms with Gasteiger partial charge in [-0.1, -0.05) is 27.7 Å². The van der Waals surface area contributed by atoms with E-state index in [1.54, 1.807) is 0 Å². The Labute approximate surface area is 130 Å². The molecule has 1 heterocycles. The summed E-state index contributed by atoms with van der Waals surface area (Å²) < 4.78 is 7.18. The lowest BCUT2D eigenvalue weighted by molar-refractivity contribution is 0.478. The van der Waals surface area contributed by atoms with Gasteiger partial charge in [-0.25, -0.2) is 0 Å². The summed E-state index contributed by atoms with van der Waals surface area (Å²) in [5.74, 6) is 1.70. The van der Waals surface area contributed by atoms with Gasteiger partial charge in [0.2, 0.25) is 0 Å². The second-order valence-corrected chi connectivity index (χ2v) is 7.12. The van der Waals surface area contributed by atoms with Crippen LogP contribution in [-0.2, 0) is 13.0 Å². The number of rotatable bonds is 5. The van der Waals surface area contributed by atoms with Crippen LogP contribution in [0, 0.1) is 12.8 Å². The first-order chi connectivity index (χ1) is 9.38. The van der Waals surface area contributed by atoms with Crippen molar-refractivity contribution in [1.82, 2.24) is 5.32 Å². The Bertz CT molecular complexity index is 599. The molecule has 0 saturated carbocycles. The summed E-state index contributed by atoms with van der Waals surface area (Å²) in [5, 5.41) is 4.72. The molecule has 110 valence electrons. The van der Waals surface area contributed by atoms with Crippen LogP contribution in [0.2, 0.25) is 0 Å². The topological polar surface area (TPSA) is 25.2 Å². The summed E-state index contributed by atoms with van der Waals surface area (Å²) in [6.07, 6.45) is 1.05. The van der Waals surface area contributed by atoms with Crippen molar-refractivity contribution in [2.75, 3.05) is 0 Å². The van der Waals surface area contributed by atoms with E-state index >= 15 is 0 Å².